The molecule has 0 spiro atoms. The summed E-state index contributed by atoms with van der Waals surface area (Å²) >= 11 is 3.89. The predicted octanol–water partition coefficient (Wildman–Crippen LogP) is 0.766. The molecule has 7 nitrogen and oxygen atoms in total. The number of nitrogens with one attached hydrogen (secondary N) is 2. The monoisotopic (exact) mass is 382 g/mol. The summed E-state index contributed by atoms with van der Waals surface area (Å²) in [5.74, 6) is -1.28. The number of halogens is 1. The summed E-state index contributed by atoms with van der Waals surface area (Å²) in [6, 6.07) is 0.876. The first-order valence-electron chi connectivity index (χ1n) is 5.61. The van der Waals surface area contributed by atoms with Crippen molar-refractivity contribution < 1.29 is 23.1 Å². The number of carbonyl (C=O) groups is 2. The molecule has 0 radical (unpaired) electrons. The van der Waals surface area contributed by atoms with Crippen LogP contribution in [0.5, 0.6) is 0 Å². The molecule has 1 atom stereocenters. The summed E-state index contributed by atoms with van der Waals surface area (Å²) < 4.78 is 26.8. The van der Waals surface area contributed by atoms with Crippen molar-refractivity contribution in [2.75, 3.05) is 6.54 Å². The van der Waals surface area contributed by atoms with Crippen molar-refractivity contribution in [2.45, 2.75) is 23.8 Å². The van der Waals surface area contributed by atoms with E-state index in [-0.39, 0.29) is 32.1 Å². The highest BCUT2D eigenvalue weighted by Crippen LogP contribution is 2.31. The van der Waals surface area contributed by atoms with Gasteiger partial charge in [-0.2, -0.15) is 0 Å². The summed E-state index contributed by atoms with van der Waals surface area (Å²) in [4.78, 5) is 21.7. The van der Waals surface area contributed by atoms with E-state index < -0.39 is 16.0 Å². The van der Waals surface area contributed by atoms with Gasteiger partial charge in [-0.25, -0.2) is 17.9 Å². The van der Waals surface area contributed by atoms with E-state index in [2.05, 4.69) is 26.0 Å². The van der Waals surface area contributed by atoms with Gasteiger partial charge >= 0.3 is 5.97 Å². The number of rotatable bonds is 5. The van der Waals surface area contributed by atoms with Gasteiger partial charge in [0, 0.05) is 19.0 Å². The second-order valence-electron chi connectivity index (χ2n) is 4.21. The van der Waals surface area contributed by atoms with Crippen LogP contribution in [-0.2, 0) is 14.8 Å². The Bertz CT molecular complexity index is 655. The highest BCUT2D eigenvalue weighted by Gasteiger charge is 2.26. The summed E-state index contributed by atoms with van der Waals surface area (Å²) in [6.07, 6.45) is 0.963. The van der Waals surface area contributed by atoms with Crippen molar-refractivity contribution in [1.29, 1.82) is 0 Å². The first kappa shape index (κ1) is 15.4. The fourth-order valence-corrected chi connectivity index (χ4v) is 5.24. The van der Waals surface area contributed by atoms with Gasteiger partial charge in [0.15, 0.2) is 0 Å². The Labute approximate surface area is 127 Å². The molecule has 10 heteroatoms. The van der Waals surface area contributed by atoms with E-state index in [9.17, 15) is 18.0 Å². The van der Waals surface area contributed by atoms with Gasteiger partial charge < -0.3 is 10.4 Å². The molecular weight excluding hydrogens is 372 g/mol. The van der Waals surface area contributed by atoms with Crippen molar-refractivity contribution in [2.24, 2.45) is 0 Å². The van der Waals surface area contributed by atoms with Crippen LogP contribution in [0.1, 0.15) is 22.5 Å². The minimum atomic E-state index is -3.81. The van der Waals surface area contributed by atoms with Gasteiger partial charge in [0.05, 0.1) is 3.79 Å². The zero-order chi connectivity index (χ0) is 14.9. The van der Waals surface area contributed by atoms with E-state index in [1.165, 1.54) is 0 Å². The molecule has 0 aromatic carbocycles. The number of aromatic carboxylic acids is 1. The fourth-order valence-electron chi connectivity index (χ4n) is 1.76. The summed E-state index contributed by atoms with van der Waals surface area (Å²) in [7, 11) is -3.81. The molecular formula is C10H11BrN2O5S2. The van der Waals surface area contributed by atoms with Crippen LogP contribution >= 0.6 is 27.3 Å². The van der Waals surface area contributed by atoms with Crippen LogP contribution in [0.2, 0.25) is 0 Å². The largest absolute Gasteiger partial charge is 0.477 e. The molecule has 0 saturated carbocycles. The summed E-state index contributed by atoms with van der Waals surface area (Å²) in [5.41, 5.74) is 0. The molecule has 1 unspecified atom stereocenters. The van der Waals surface area contributed by atoms with Gasteiger partial charge in [0.25, 0.3) is 0 Å². The Morgan fingerprint density at radius 2 is 2.30 bits per heavy atom. The van der Waals surface area contributed by atoms with Crippen LogP contribution in [0, 0.1) is 0 Å². The normalized spacial score (nSPS) is 19.1. The summed E-state index contributed by atoms with van der Waals surface area (Å²) in [6.45, 7) is 0.0821. The molecule has 20 heavy (non-hydrogen) atoms. The Hall–Kier alpha value is -0.970. The molecule has 3 N–H and O–H groups in total. The second-order valence-corrected chi connectivity index (χ2v) is 8.31. The Morgan fingerprint density at radius 1 is 1.60 bits per heavy atom. The number of hydrogen-bond acceptors (Lipinski definition) is 5. The Kier molecular flexibility index (Phi) is 4.47. The van der Waals surface area contributed by atoms with Crippen molar-refractivity contribution in [3.05, 3.63) is 14.7 Å². The molecule has 1 aromatic heterocycles. The van der Waals surface area contributed by atoms with Gasteiger partial charge in [-0.3, -0.25) is 4.79 Å². The average molecular weight is 383 g/mol. The zero-order valence-corrected chi connectivity index (χ0v) is 13.3. The van der Waals surface area contributed by atoms with E-state index >= 15 is 0 Å². The molecule has 1 saturated heterocycles. The maximum Gasteiger partial charge on any atom is 0.345 e. The highest BCUT2D eigenvalue weighted by molar-refractivity contribution is 9.11. The molecule has 1 aliphatic rings. The quantitative estimate of drug-likeness (QED) is 0.695. The lowest BCUT2D eigenvalue weighted by molar-refractivity contribution is -0.119. The zero-order valence-electron chi connectivity index (χ0n) is 10.1. The first-order chi connectivity index (χ1) is 9.29. The van der Waals surface area contributed by atoms with Crippen LogP contribution < -0.4 is 10.0 Å². The maximum absolute atomic E-state index is 12.1. The molecule has 1 aromatic rings. The van der Waals surface area contributed by atoms with Crippen LogP contribution in [-0.4, -0.2) is 38.0 Å². The SMILES string of the molecule is O=C1CCC(CNS(=O)(=O)c2cc(C(=O)O)sc2Br)N1. The van der Waals surface area contributed by atoms with Crippen LogP contribution in [0.4, 0.5) is 0 Å². The molecule has 1 fully saturated rings. The van der Waals surface area contributed by atoms with Gasteiger partial charge in [0.2, 0.25) is 15.9 Å². The van der Waals surface area contributed by atoms with Crippen molar-refractivity contribution in [1.82, 2.24) is 10.0 Å². The number of thiophene rings is 1. The lowest BCUT2D eigenvalue weighted by Crippen LogP contribution is -2.38. The lowest BCUT2D eigenvalue weighted by atomic mass is 10.2. The van der Waals surface area contributed by atoms with Gasteiger partial charge in [-0.1, -0.05) is 0 Å². The smallest absolute Gasteiger partial charge is 0.345 e. The van der Waals surface area contributed by atoms with Crippen molar-refractivity contribution in [3.8, 4) is 0 Å². The van der Waals surface area contributed by atoms with E-state index in [1.54, 1.807) is 0 Å². The average Bonchev–Trinajstić information content (AvgIpc) is 2.93. The maximum atomic E-state index is 12.1. The molecule has 2 heterocycles. The van der Waals surface area contributed by atoms with Gasteiger partial charge in [-0.05, 0) is 28.4 Å². The molecule has 0 bridgehead atoms. The number of carboxylic acid groups (broad SMARTS) is 1. The van der Waals surface area contributed by atoms with Crippen LogP contribution in [0.3, 0.4) is 0 Å². The number of sulfonamides is 1. The number of amides is 1. The highest BCUT2D eigenvalue weighted by atomic mass is 79.9. The van der Waals surface area contributed by atoms with Crippen molar-refractivity contribution in [3.63, 3.8) is 0 Å². The standard InChI is InChI=1S/C10H11BrN2O5S2/c11-9-7(3-6(19-9)10(15)16)20(17,18)12-4-5-1-2-8(14)13-5/h3,5,12H,1-2,4H2,(H,13,14)(H,15,16). The first-order valence-corrected chi connectivity index (χ1v) is 8.70. The van der Waals surface area contributed by atoms with Crippen LogP contribution in [0.25, 0.3) is 0 Å². The molecule has 2 rings (SSSR count). The molecule has 0 aliphatic carbocycles. The van der Waals surface area contributed by atoms with Gasteiger partial charge in [-0.15, -0.1) is 11.3 Å². The van der Waals surface area contributed by atoms with E-state index in [0.29, 0.717) is 12.8 Å². The predicted molar refractivity (Wildman–Crippen MR) is 75.3 cm³/mol. The Balaban J connectivity index is 2.10. The van der Waals surface area contributed by atoms with Gasteiger partial charge in [0.1, 0.15) is 9.77 Å². The minimum Gasteiger partial charge on any atom is -0.477 e. The topological polar surface area (TPSA) is 113 Å². The minimum absolute atomic E-state index is 0.0635. The fraction of sp³-hybridized carbons (Fsp3) is 0.400. The number of carboxylic acids is 1. The third-order valence-electron chi connectivity index (χ3n) is 2.76. The summed E-state index contributed by atoms with van der Waals surface area (Å²) in [5, 5.41) is 11.5. The second kappa shape index (κ2) is 5.80. The number of carbonyl (C=O) groups excluding carboxylic acids is 1. The lowest BCUT2D eigenvalue weighted by Gasteiger charge is -2.11. The molecule has 1 aliphatic heterocycles. The molecule has 1 amide bonds. The van der Waals surface area contributed by atoms with Crippen LogP contribution in [0.15, 0.2) is 14.7 Å². The number of hydrogen-bond donors (Lipinski definition) is 3. The third-order valence-corrected chi connectivity index (χ3v) is 6.42. The third kappa shape index (κ3) is 3.37. The van der Waals surface area contributed by atoms with E-state index in [0.717, 1.165) is 17.4 Å². The van der Waals surface area contributed by atoms with Crippen molar-refractivity contribution >= 4 is 49.2 Å². The van der Waals surface area contributed by atoms with E-state index in [1.807, 2.05) is 0 Å². The molecule has 110 valence electrons. The van der Waals surface area contributed by atoms with E-state index in [4.69, 9.17) is 5.11 Å². The Morgan fingerprint density at radius 3 is 2.80 bits per heavy atom.